The number of rotatable bonds is 3. The van der Waals surface area contributed by atoms with Gasteiger partial charge in [0, 0.05) is 29.9 Å². The van der Waals surface area contributed by atoms with E-state index < -0.39 is 0 Å². The first-order chi connectivity index (χ1) is 7.27. The molecule has 3 heteroatoms. The Balaban J connectivity index is 1.76. The third-order valence-electron chi connectivity index (χ3n) is 4.10. The zero-order chi connectivity index (χ0) is 10.3. The van der Waals surface area contributed by atoms with Crippen LogP contribution in [0.2, 0.25) is 0 Å². The summed E-state index contributed by atoms with van der Waals surface area (Å²) in [5.41, 5.74) is 7.76. The van der Waals surface area contributed by atoms with Crippen molar-refractivity contribution in [2.24, 2.45) is 5.73 Å². The van der Waals surface area contributed by atoms with E-state index in [-0.39, 0.29) is 5.54 Å². The van der Waals surface area contributed by atoms with Crippen LogP contribution in [-0.2, 0) is 6.54 Å². The molecule has 1 aromatic heterocycles. The minimum absolute atomic E-state index is 0.0686. The summed E-state index contributed by atoms with van der Waals surface area (Å²) < 4.78 is 2.29. The minimum atomic E-state index is 0.0686. The molecule has 2 fully saturated rings. The number of hydrogen-bond donors (Lipinski definition) is 1. The van der Waals surface area contributed by atoms with Crippen molar-refractivity contribution in [2.75, 3.05) is 0 Å². The lowest BCUT2D eigenvalue weighted by molar-refractivity contribution is 0.210. The monoisotopic (exact) mass is 205 g/mol. The van der Waals surface area contributed by atoms with Crippen LogP contribution in [0.25, 0.3) is 0 Å². The van der Waals surface area contributed by atoms with Gasteiger partial charge in [0.05, 0.1) is 6.33 Å². The van der Waals surface area contributed by atoms with Gasteiger partial charge in [-0.3, -0.25) is 0 Å². The maximum absolute atomic E-state index is 6.27. The molecule has 1 aromatic rings. The zero-order valence-electron chi connectivity index (χ0n) is 9.15. The fourth-order valence-electron chi connectivity index (χ4n) is 2.64. The second-order valence-electron chi connectivity index (χ2n) is 5.29. The largest absolute Gasteiger partial charge is 0.332 e. The molecule has 2 saturated carbocycles. The van der Waals surface area contributed by atoms with Crippen LogP contribution in [0.3, 0.4) is 0 Å². The summed E-state index contributed by atoms with van der Waals surface area (Å²) in [6, 6.07) is 0. The summed E-state index contributed by atoms with van der Waals surface area (Å²) >= 11 is 0. The van der Waals surface area contributed by atoms with Crippen molar-refractivity contribution in [3.05, 3.63) is 18.2 Å². The fourth-order valence-corrected chi connectivity index (χ4v) is 2.64. The molecule has 3 rings (SSSR count). The first-order valence-corrected chi connectivity index (χ1v) is 6.06. The Hall–Kier alpha value is -0.830. The maximum Gasteiger partial charge on any atom is 0.0948 e. The average molecular weight is 205 g/mol. The van der Waals surface area contributed by atoms with Gasteiger partial charge in [-0.1, -0.05) is 6.42 Å². The smallest absolute Gasteiger partial charge is 0.0948 e. The van der Waals surface area contributed by atoms with Crippen molar-refractivity contribution in [3.63, 3.8) is 0 Å². The highest BCUT2D eigenvalue weighted by atomic mass is 15.1. The van der Waals surface area contributed by atoms with Crippen LogP contribution in [0.1, 0.15) is 50.1 Å². The van der Waals surface area contributed by atoms with Crippen molar-refractivity contribution < 1.29 is 0 Å². The standard InChI is InChI=1S/C12H19N3/c13-12(5-2-6-12)8-15-9-14-7-11(15)10-3-1-4-10/h7,9-10H,1-6,8,13H2. The lowest BCUT2D eigenvalue weighted by Crippen LogP contribution is -2.50. The normalized spacial score (nSPS) is 24.6. The van der Waals surface area contributed by atoms with Gasteiger partial charge in [0.1, 0.15) is 0 Å². The topological polar surface area (TPSA) is 43.8 Å². The predicted octanol–water partition coefficient (Wildman–Crippen LogP) is 2.03. The first kappa shape index (κ1) is 9.40. The summed E-state index contributed by atoms with van der Waals surface area (Å²) in [7, 11) is 0. The fraction of sp³-hybridized carbons (Fsp3) is 0.750. The van der Waals surface area contributed by atoms with E-state index in [1.165, 1.54) is 44.2 Å². The molecule has 3 nitrogen and oxygen atoms in total. The van der Waals surface area contributed by atoms with Crippen LogP contribution in [0.5, 0.6) is 0 Å². The summed E-state index contributed by atoms with van der Waals surface area (Å²) in [6.45, 7) is 0.971. The Labute approximate surface area is 90.7 Å². The second kappa shape index (κ2) is 3.34. The van der Waals surface area contributed by atoms with Gasteiger partial charge >= 0.3 is 0 Å². The van der Waals surface area contributed by atoms with Crippen LogP contribution in [0, 0.1) is 0 Å². The van der Waals surface area contributed by atoms with Gasteiger partial charge in [0.15, 0.2) is 0 Å². The molecule has 15 heavy (non-hydrogen) atoms. The summed E-state index contributed by atoms with van der Waals surface area (Å²) in [5.74, 6) is 0.760. The summed E-state index contributed by atoms with van der Waals surface area (Å²) in [4.78, 5) is 4.28. The van der Waals surface area contributed by atoms with Gasteiger partial charge in [-0.15, -0.1) is 0 Å². The van der Waals surface area contributed by atoms with E-state index in [1.807, 2.05) is 12.5 Å². The Morgan fingerprint density at radius 1 is 1.40 bits per heavy atom. The van der Waals surface area contributed by atoms with Crippen molar-refractivity contribution in [1.29, 1.82) is 0 Å². The highest BCUT2D eigenvalue weighted by Gasteiger charge is 2.34. The van der Waals surface area contributed by atoms with Gasteiger partial charge in [0.25, 0.3) is 0 Å². The van der Waals surface area contributed by atoms with Gasteiger partial charge in [0.2, 0.25) is 0 Å². The molecular formula is C12H19N3. The molecule has 0 radical (unpaired) electrons. The van der Waals surface area contributed by atoms with Crippen LogP contribution in [-0.4, -0.2) is 15.1 Å². The lowest BCUT2D eigenvalue weighted by atomic mass is 9.77. The van der Waals surface area contributed by atoms with Crippen molar-refractivity contribution in [1.82, 2.24) is 9.55 Å². The minimum Gasteiger partial charge on any atom is -0.332 e. The molecule has 0 spiro atoms. The number of nitrogens with zero attached hydrogens (tertiary/aromatic N) is 2. The number of aromatic nitrogens is 2. The van der Waals surface area contributed by atoms with E-state index in [2.05, 4.69) is 9.55 Å². The molecule has 2 N–H and O–H groups in total. The third kappa shape index (κ3) is 1.59. The number of nitrogens with two attached hydrogens (primary N) is 1. The zero-order valence-corrected chi connectivity index (χ0v) is 9.15. The maximum atomic E-state index is 6.27. The Morgan fingerprint density at radius 2 is 2.20 bits per heavy atom. The van der Waals surface area contributed by atoms with Gasteiger partial charge in [-0.2, -0.15) is 0 Å². The van der Waals surface area contributed by atoms with Crippen LogP contribution in [0.15, 0.2) is 12.5 Å². The molecule has 0 aromatic carbocycles. The molecule has 0 aliphatic heterocycles. The second-order valence-corrected chi connectivity index (χ2v) is 5.29. The molecule has 1 heterocycles. The van der Waals surface area contributed by atoms with E-state index >= 15 is 0 Å². The average Bonchev–Trinajstić information content (AvgIpc) is 2.48. The van der Waals surface area contributed by atoms with Crippen LogP contribution >= 0.6 is 0 Å². The van der Waals surface area contributed by atoms with Gasteiger partial charge < -0.3 is 10.3 Å². The number of hydrogen-bond acceptors (Lipinski definition) is 2. The van der Waals surface area contributed by atoms with E-state index in [0.717, 1.165) is 12.5 Å². The van der Waals surface area contributed by atoms with Crippen molar-refractivity contribution >= 4 is 0 Å². The van der Waals surface area contributed by atoms with Crippen LogP contribution in [0.4, 0.5) is 0 Å². The van der Waals surface area contributed by atoms with Crippen molar-refractivity contribution in [3.8, 4) is 0 Å². The summed E-state index contributed by atoms with van der Waals surface area (Å²) in [6.07, 6.45) is 11.7. The highest BCUT2D eigenvalue weighted by Crippen LogP contribution is 2.37. The third-order valence-corrected chi connectivity index (χ3v) is 4.10. The molecule has 0 amide bonds. The number of imidazole rings is 1. The molecule has 0 unspecified atom stereocenters. The molecule has 0 atom stereocenters. The molecule has 0 bridgehead atoms. The van der Waals surface area contributed by atoms with E-state index in [1.54, 1.807) is 0 Å². The molecule has 82 valence electrons. The molecule has 2 aliphatic carbocycles. The predicted molar refractivity (Wildman–Crippen MR) is 59.6 cm³/mol. The van der Waals surface area contributed by atoms with E-state index in [4.69, 9.17) is 5.73 Å². The van der Waals surface area contributed by atoms with E-state index in [0.29, 0.717) is 0 Å². The molecule has 2 aliphatic rings. The van der Waals surface area contributed by atoms with Gasteiger partial charge in [-0.05, 0) is 32.1 Å². The van der Waals surface area contributed by atoms with Crippen LogP contribution < -0.4 is 5.73 Å². The Kier molecular flexibility index (Phi) is 2.09. The van der Waals surface area contributed by atoms with Gasteiger partial charge in [-0.25, -0.2) is 4.98 Å². The van der Waals surface area contributed by atoms with E-state index in [9.17, 15) is 0 Å². The SMILES string of the molecule is NC1(Cn2cncc2C2CCC2)CCC1. The van der Waals surface area contributed by atoms with Crippen molar-refractivity contribution in [2.45, 2.75) is 56.5 Å². The Morgan fingerprint density at radius 3 is 2.73 bits per heavy atom. The molecular weight excluding hydrogens is 186 g/mol. The Bertz CT molecular complexity index is 348. The first-order valence-electron chi connectivity index (χ1n) is 6.06. The quantitative estimate of drug-likeness (QED) is 0.820. The highest BCUT2D eigenvalue weighted by molar-refractivity contribution is 5.11. The molecule has 0 saturated heterocycles. The summed E-state index contributed by atoms with van der Waals surface area (Å²) in [5, 5.41) is 0. The lowest BCUT2D eigenvalue weighted by Gasteiger charge is -2.39.